The molecule has 0 fully saturated rings. The van der Waals surface area contributed by atoms with E-state index in [1.807, 2.05) is 0 Å². The lowest BCUT2D eigenvalue weighted by Gasteiger charge is -2.12. The summed E-state index contributed by atoms with van der Waals surface area (Å²) >= 11 is 0. The van der Waals surface area contributed by atoms with Crippen LogP contribution in [0.3, 0.4) is 0 Å². The molecule has 1 aromatic heterocycles. The minimum absolute atomic E-state index is 1.00. The van der Waals surface area contributed by atoms with Crippen LogP contribution in [-0.2, 0) is 12.8 Å². The van der Waals surface area contributed by atoms with E-state index in [1.54, 1.807) is 0 Å². The molecule has 128 valence electrons. The summed E-state index contributed by atoms with van der Waals surface area (Å²) in [6, 6.07) is 17.3. The van der Waals surface area contributed by atoms with Crippen LogP contribution in [0.15, 0.2) is 48.5 Å². The van der Waals surface area contributed by atoms with Crippen molar-refractivity contribution in [1.82, 2.24) is 9.78 Å². The summed E-state index contributed by atoms with van der Waals surface area (Å²) in [5.41, 5.74) is 7.49. The fourth-order valence-electron chi connectivity index (χ4n) is 3.72. The Morgan fingerprint density at radius 1 is 1.08 bits per heavy atom. The van der Waals surface area contributed by atoms with Crippen molar-refractivity contribution < 1.29 is 0 Å². The van der Waals surface area contributed by atoms with E-state index in [4.69, 9.17) is 5.10 Å². The number of rotatable bonds is 3. The molecular weight excluding hydrogens is 306 g/mol. The van der Waals surface area contributed by atoms with Crippen molar-refractivity contribution in [2.24, 2.45) is 0 Å². The first-order chi connectivity index (χ1) is 12.3. The standard InChI is InChI=1S/C22H25N3/c1-3-17-10-4-5-13-20(17)25-22-19(12-6-7-14-23-22)21(24-25)18-11-8-9-16(2)15-18/h4-5,8-11,13,15,23H,3,6-7,12,14H2,1-2H3. The highest BCUT2D eigenvalue weighted by atomic mass is 15.3. The third kappa shape index (κ3) is 2.95. The van der Waals surface area contributed by atoms with E-state index in [2.05, 4.69) is 72.4 Å². The highest BCUT2D eigenvalue weighted by Gasteiger charge is 2.22. The first-order valence-corrected chi connectivity index (χ1v) is 9.29. The van der Waals surface area contributed by atoms with E-state index >= 15 is 0 Å². The van der Waals surface area contributed by atoms with Crippen molar-refractivity contribution in [3.8, 4) is 16.9 Å². The van der Waals surface area contributed by atoms with E-state index in [-0.39, 0.29) is 0 Å². The Bertz CT molecular complexity index is 892. The van der Waals surface area contributed by atoms with Gasteiger partial charge in [0.1, 0.15) is 5.82 Å². The summed E-state index contributed by atoms with van der Waals surface area (Å²) < 4.78 is 2.14. The summed E-state index contributed by atoms with van der Waals surface area (Å²) in [7, 11) is 0. The van der Waals surface area contributed by atoms with Crippen molar-refractivity contribution in [1.29, 1.82) is 0 Å². The maximum atomic E-state index is 5.08. The van der Waals surface area contributed by atoms with E-state index in [0.717, 1.165) is 25.1 Å². The molecule has 1 N–H and O–H groups in total. The van der Waals surface area contributed by atoms with E-state index in [9.17, 15) is 0 Å². The van der Waals surface area contributed by atoms with Crippen molar-refractivity contribution >= 4 is 5.82 Å². The first-order valence-electron chi connectivity index (χ1n) is 9.29. The fraction of sp³-hybridized carbons (Fsp3) is 0.318. The lowest BCUT2D eigenvalue weighted by Crippen LogP contribution is -2.08. The molecule has 1 aliphatic heterocycles. The molecule has 3 aromatic rings. The van der Waals surface area contributed by atoms with Crippen LogP contribution in [0.25, 0.3) is 16.9 Å². The number of hydrogen-bond donors (Lipinski definition) is 1. The Labute approximate surface area is 149 Å². The predicted octanol–water partition coefficient (Wildman–Crippen LogP) is 5.16. The van der Waals surface area contributed by atoms with Gasteiger partial charge in [0.2, 0.25) is 0 Å². The van der Waals surface area contributed by atoms with E-state index in [1.165, 1.54) is 46.6 Å². The number of para-hydroxylation sites is 1. The topological polar surface area (TPSA) is 29.9 Å². The SMILES string of the molecule is CCc1ccccc1-n1nc(-c2cccc(C)c2)c2c1NCCCC2. The zero-order chi connectivity index (χ0) is 17.2. The highest BCUT2D eigenvalue weighted by molar-refractivity contribution is 5.72. The second-order valence-corrected chi connectivity index (χ2v) is 6.82. The quantitative estimate of drug-likeness (QED) is 0.718. The largest absolute Gasteiger partial charge is 0.370 e. The molecule has 0 saturated heterocycles. The average Bonchev–Trinajstić information content (AvgIpc) is 2.82. The third-order valence-corrected chi connectivity index (χ3v) is 5.02. The number of fused-ring (bicyclic) bond motifs is 1. The van der Waals surface area contributed by atoms with Crippen LogP contribution < -0.4 is 5.32 Å². The van der Waals surface area contributed by atoms with Gasteiger partial charge in [-0.05, 0) is 50.3 Å². The van der Waals surface area contributed by atoms with Gasteiger partial charge in [-0.2, -0.15) is 5.10 Å². The van der Waals surface area contributed by atoms with Crippen molar-refractivity contribution in [2.45, 2.75) is 39.5 Å². The number of nitrogens with one attached hydrogen (secondary N) is 1. The number of aryl methyl sites for hydroxylation is 2. The van der Waals surface area contributed by atoms with Gasteiger partial charge in [0.25, 0.3) is 0 Å². The Hall–Kier alpha value is -2.55. The first kappa shape index (κ1) is 15.9. The normalized spacial score (nSPS) is 13.8. The minimum atomic E-state index is 1.00. The molecule has 0 radical (unpaired) electrons. The molecule has 1 aliphatic rings. The molecule has 4 rings (SSSR count). The Morgan fingerprint density at radius 2 is 1.96 bits per heavy atom. The predicted molar refractivity (Wildman–Crippen MR) is 105 cm³/mol. The minimum Gasteiger partial charge on any atom is -0.370 e. The maximum absolute atomic E-state index is 5.08. The summed E-state index contributed by atoms with van der Waals surface area (Å²) in [4.78, 5) is 0. The molecule has 0 atom stereocenters. The van der Waals surface area contributed by atoms with Crippen LogP contribution in [0.2, 0.25) is 0 Å². The Balaban J connectivity index is 1.94. The van der Waals surface area contributed by atoms with Gasteiger partial charge in [0.05, 0.1) is 11.4 Å². The smallest absolute Gasteiger partial charge is 0.133 e. The van der Waals surface area contributed by atoms with Crippen LogP contribution in [-0.4, -0.2) is 16.3 Å². The molecule has 0 unspecified atom stereocenters. The molecule has 0 bridgehead atoms. The number of hydrogen-bond acceptors (Lipinski definition) is 2. The number of nitrogens with zero attached hydrogens (tertiary/aromatic N) is 2. The van der Waals surface area contributed by atoms with E-state index in [0.29, 0.717) is 0 Å². The third-order valence-electron chi connectivity index (χ3n) is 5.02. The molecule has 3 nitrogen and oxygen atoms in total. The number of benzene rings is 2. The zero-order valence-electron chi connectivity index (χ0n) is 15.0. The van der Waals surface area contributed by atoms with Crippen LogP contribution in [0.1, 0.15) is 36.5 Å². The molecular formula is C22H25N3. The van der Waals surface area contributed by atoms with Gasteiger partial charge in [0.15, 0.2) is 0 Å². The van der Waals surface area contributed by atoms with E-state index < -0.39 is 0 Å². The van der Waals surface area contributed by atoms with Crippen molar-refractivity contribution in [2.75, 3.05) is 11.9 Å². The van der Waals surface area contributed by atoms with Gasteiger partial charge in [-0.1, -0.05) is 48.9 Å². The van der Waals surface area contributed by atoms with Crippen LogP contribution in [0.5, 0.6) is 0 Å². The molecule has 25 heavy (non-hydrogen) atoms. The van der Waals surface area contributed by atoms with Gasteiger partial charge in [-0.15, -0.1) is 0 Å². The molecule has 0 saturated carbocycles. The molecule has 0 spiro atoms. The molecule has 0 aliphatic carbocycles. The Morgan fingerprint density at radius 3 is 2.80 bits per heavy atom. The van der Waals surface area contributed by atoms with Gasteiger partial charge in [0, 0.05) is 17.7 Å². The lowest BCUT2D eigenvalue weighted by atomic mass is 10.0. The molecule has 0 amide bonds. The van der Waals surface area contributed by atoms with Gasteiger partial charge in [-0.25, -0.2) is 4.68 Å². The fourth-order valence-corrected chi connectivity index (χ4v) is 3.72. The Kier molecular flexibility index (Phi) is 4.31. The van der Waals surface area contributed by atoms with Crippen LogP contribution in [0, 0.1) is 6.92 Å². The van der Waals surface area contributed by atoms with Gasteiger partial charge < -0.3 is 5.32 Å². The average molecular weight is 331 g/mol. The van der Waals surface area contributed by atoms with Crippen LogP contribution >= 0.6 is 0 Å². The van der Waals surface area contributed by atoms with Crippen LogP contribution in [0.4, 0.5) is 5.82 Å². The number of aromatic nitrogens is 2. The lowest BCUT2D eigenvalue weighted by molar-refractivity contribution is 0.779. The second-order valence-electron chi connectivity index (χ2n) is 6.82. The zero-order valence-corrected chi connectivity index (χ0v) is 15.0. The molecule has 3 heteroatoms. The van der Waals surface area contributed by atoms with Gasteiger partial charge >= 0.3 is 0 Å². The number of anilines is 1. The summed E-state index contributed by atoms with van der Waals surface area (Å²) in [6.07, 6.45) is 4.50. The molecule has 2 aromatic carbocycles. The molecule has 2 heterocycles. The highest BCUT2D eigenvalue weighted by Crippen LogP contribution is 2.34. The van der Waals surface area contributed by atoms with Crippen molar-refractivity contribution in [3.63, 3.8) is 0 Å². The summed E-state index contributed by atoms with van der Waals surface area (Å²) in [6.45, 7) is 5.36. The van der Waals surface area contributed by atoms with Crippen molar-refractivity contribution in [3.05, 3.63) is 65.2 Å². The maximum Gasteiger partial charge on any atom is 0.133 e. The monoisotopic (exact) mass is 331 g/mol. The summed E-state index contributed by atoms with van der Waals surface area (Å²) in [5, 5.41) is 8.73. The summed E-state index contributed by atoms with van der Waals surface area (Å²) in [5.74, 6) is 1.18. The van der Waals surface area contributed by atoms with Gasteiger partial charge in [-0.3, -0.25) is 0 Å². The second kappa shape index (κ2) is 6.75.